The molecule has 0 aliphatic carbocycles. The quantitative estimate of drug-likeness (QED) is 0.619. The van der Waals surface area contributed by atoms with E-state index in [0.29, 0.717) is 25.2 Å². The highest BCUT2D eigenvalue weighted by molar-refractivity contribution is 5.83. The molecule has 0 radical (unpaired) electrons. The van der Waals surface area contributed by atoms with E-state index in [1.165, 1.54) is 4.90 Å². The summed E-state index contributed by atoms with van der Waals surface area (Å²) < 4.78 is 0. The van der Waals surface area contributed by atoms with Gasteiger partial charge in [-0.2, -0.15) is 5.21 Å². The first-order chi connectivity index (χ1) is 8.18. The van der Waals surface area contributed by atoms with Crippen molar-refractivity contribution in [1.29, 1.82) is 0 Å². The van der Waals surface area contributed by atoms with Gasteiger partial charge >= 0.3 is 12.0 Å². The van der Waals surface area contributed by atoms with Crippen LogP contribution < -0.4 is 5.32 Å². The van der Waals surface area contributed by atoms with Gasteiger partial charge in [-0.15, -0.1) is 10.2 Å². The Balaban J connectivity index is 1.89. The maximum absolute atomic E-state index is 11.7. The lowest BCUT2D eigenvalue weighted by Gasteiger charge is -2.21. The third-order valence-electron chi connectivity index (χ3n) is 2.59. The number of hydrogen-bond acceptors (Lipinski definition) is 5. The first kappa shape index (κ1) is 11.3. The van der Waals surface area contributed by atoms with Crippen molar-refractivity contribution >= 4 is 12.0 Å². The lowest BCUT2D eigenvalue weighted by atomic mass is 10.2. The average Bonchev–Trinajstić information content (AvgIpc) is 2.96. The molecule has 2 heterocycles. The molecule has 0 unspecified atom stereocenters. The SMILES string of the molecule is O=C(O)[C@@H]1CCCN1C(=O)NCc1nn[nH]n1. The van der Waals surface area contributed by atoms with E-state index in [4.69, 9.17) is 5.11 Å². The van der Waals surface area contributed by atoms with Crippen molar-refractivity contribution in [2.75, 3.05) is 6.54 Å². The topological polar surface area (TPSA) is 124 Å². The van der Waals surface area contributed by atoms with Crippen molar-refractivity contribution < 1.29 is 14.7 Å². The monoisotopic (exact) mass is 240 g/mol. The Labute approximate surface area is 96.2 Å². The predicted molar refractivity (Wildman–Crippen MR) is 53.8 cm³/mol. The summed E-state index contributed by atoms with van der Waals surface area (Å²) in [6, 6.07) is -1.15. The third-order valence-corrected chi connectivity index (χ3v) is 2.59. The Hall–Kier alpha value is -2.19. The number of aliphatic carboxylic acids is 1. The smallest absolute Gasteiger partial charge is 0.326 e. The highest BCUT2D eigenvalue weighted by atomic mass is 16.4. The molecule has 1 aliphatic heterocycles. The van der Waals surface area contributed by atoms with E-state index < -0.39 is 18.0 Å². The van der Waals surface area contributed by atoms with E-state index in [0.717, 1.165) is 0 Å². The van der Waals surface area contributed by atoms with E-state index in [2.05, 4.69) is 25.9 Å². The van der Waals surface area contributed by atoms with Crippen LogP contribution in [0.15, 0.2) is 0 Å². The second-order valence-corrected chi connectivity index (χ2v) is 3.68. The first-order valence-corrected chi connectivity index (χ1v) is 5.18. The molecule has 1 saturated heterocycles. The van der Waals surface area contributed by atoms with Crippen LogP contribution in [-0.2, 0) is 11.3 Å². The number of aromatic nitrogens is 4. The fourth-order valence-corrected chi connectivity index (χ4v) is 1.78. The van der Waals surface area contributed by atoms with E-state index in [1.54, 1.807) is 0 Å². The fourth-order valence-electron chi connectivity index (χ4n) is 1.78. The normalized spacial score (nSPS) is 19.3. The highest BCUT2D eigenvalue weighted by Gasteiger charge is 2.33. The first-order valence-electron chi connectivity index (χ1n) is 5.18. The van der Waals surface area contributed by atoms with Crippen molar-refractivity contribution in [2.24, 2.45) is 0 Å². The summed E-state index contributed by atoms with van der Waals surface area (Å²) in [5, 5.41) is 24.4. The number of hydrogen-bond donors (Lipinski definition) is 3. The van der Waals surface area contributed by atoms with Crippen LogP contribution in [0.1, 0.15) is 18.7 Å². The minimum atomic E-state index is -0.975. The van der Waals surface area contributed by atoms with Crippen LogP contribution in [0.5, 0.6) is 0 Å². The van der Waals surface area contributed by atoms with Gasteiger partial charge in [0.25, 0.3) is 0 Å². The summed E-state index contributed by atoms with van der Waals surface area (Å²) in [5.41, 5.74) is 0. The molecule has 2 rings (SSSR count). The van der Waals surface area contributed by atoms with Crippen LogP contribution in [-0.4, -0.2) is 55.2 Å². The number of carboxylic acid groups (broad SMARTS) is 1. The molecule has 1 fully saturated rings. The molecule has 1 atom stereocenters. The predicted octanol–water partition coefficient (Wildman–Crippen LogP) is -1.04. The molecule has 1 aromatic rings. The van der Waals surface area contributed by atoms with Gasteiger partial charge in [0.1, 0.15) is 6.04 Å². The second-order valence-electron chi connectivity index (χ2n) is 3.68. The zero-order valence-electron chi connectivity index (χ0n) is 8.96. The second kappa shape index (κ2) is 4.76. The van der Waals surface area contributed by atoms with Crippen LogP contribution in [0.25, 0.3) is 0 Å². The molecule has 1 aromatic heterocycles. The molecule has 2 amide bonds. The van der Waals surface area contributed by atoms with Crippen molar-refractivity contribution in [3.63, 3.8) is 0 Å². The van der Waals surface area contributed by atoms with E-state index >= 15 is 0 Å². The summed E-state index contributed by atoms with van der Waals surface area (Å²) in [6.07, 6.45) is 1.19. The maximum Gasteiger partial charge on any atom is 0.326 e. The van der Waals surface area contributed by atoms with Crippen molar-refractivity contribution in [1.82, 2.24) is 30.8 Å². The van der Waals surface area contributed by atoms with Crippen molar-refractivity contribution in [3.8, 4) is 0 Å². The number of likely N-dealkylation sites (tertiary alicyclic amines) is 1. The van der Waals surface area contributed by atoms with Crippen molar-refractivity contribution in [3.05, 3.63) is 5.82 Å². The van der Waals surface area contributed by atoms with E-state index in [1.807, 2.05) is 0 Å². The number of rotatable bonds is 3. The number of aromatic amines is 1. The number of carbonyl (C=O) groups is 2. The van der Waals surface area contributed by atoms with Gasteiger partial charge in [-0.05, 0) is 12.8 Å². The van der Waals surface area contributed by atoms with Crippen molar-refractivity contribution in [2.45, 2.75) is 25.4 Å². The molecule has 17 heavy (non-hydrogen) atoms. The molecule has 92 valence electrons. The van der Waals surface area contributed by atoms with E-state index in [9.17, 15) is 9.59 Å². The number of carbonyl (C=O) groups excluding carboxylic acids is 1. The van der Waals surface area contributed by atoms with Gasteiger partial charge in [-0.3, -0.25) is 0 Å². The number of H-pyrrole nitrogens is 1. The molecular weight excluding hydrogens is 228 g/mol. The molecule has 0 bridgehead atoms. The largest absolute Gasteiger partial charge is 0.480 e. The zero-order chi connectivity index (χ0) is 12.3. The fraction of sp³-hybridized carbons (Fsp3) is 0.625. The Morgan fingerprint density at radius 1 is 1.59 bits per heavy atom. The molecule has 0 spiro atoms. The van der Waals surface area contributed by atoms with Crippen LogP contribution in [0.3, 0.4) is 0 Å². The summed E-state index contributed by atoms with van der Waals surface area (Å²) in [4.78, 5) is 23.9. The van der Waals surface area contributed by atoms with E-state index in [-0.39, 0.29) is 6.54 Å². The van der Waals surface area contributed by atoms with Crippen LogP contribution >= 0.6 is 0 Å². The number of carboxylic acids is 1. The summed E-state index contributed by atoms with van der Waals surface area (Å²) in [5.74, 6) is -0.623. The lowest BCUT2D eigenvalue weighted by molar-refractivity contribution is -0.141. The molecule has 9 nitrogen and oxygen atoms in total. The molecule has 9 heteroatoms. The third kappa shape index (κ3) is 2.49. The molecule has 1 aliphatic rings. The number of nitrogens with one attached hydrogen (secondary N) is 2. The van der Waals surface area contributed by atoms with Gasteiger partial charge in [-0.25, -0.2) is 9.59 Å². The summed E-state index contributed by atoms with van der Waals surface area (Å²) in [7, 11) is 0. The molecule has 0 aromatic carbocycles. The summed E-state index contributed by atoms with van der Waals surface area (Å²) in [6.45, 7) is 0.577. The Bertz CT molecular complexity index is 405. The van der Waals surface area contributed by atoms with Gasteiger partial charge in [-0.1, -0.05) is 5.21 Å². The molecular formula is C8H12N6O3. The van der Waals surface area contributed by atoms with Gasteiger partial charge in [0.2, 0.25) is 0 Å². The number of urea groups is 1. The Morgan fingerprint density at radius 3 is 3.06 bits per heavy atom. The van der Waals surface area contributed by atoms with Crippen LogP contribution in [0, 0.1) is 0 Å². The Kier molecular flexibility index (Phi) is 3.17. The lowest BCUT2D eigenvalue weighted by Crippen LogP contribution is -2.45. The minimum absolute atomic E-state index is 0.123. The van der Waals surface area contributed by atoms with Gasteiger partial charge in [0, 0.05) is 6.54 Å². The van der Waals surface area contributed by atoms with Crippen LogP contribution in [0.4, 0.5) is 4.79 Å². The summed E-state index contributed by atoms with van der Waals surface area (Å²) >= 11 is 0. The minimum Gasteiger partial charge on any atom is -0.480 e. The number of amides is 2. The Morgan fingerprint density at radius 2 is 2.41 bits per heavy atom. The van der Waals surface area contributed by atoms with Gasteiger partial charge < -0.3 is 15.3 Å². The number of tetrazole rings is 1. The molecule has 3 N–H and O–H groups in total. The average molecular weight is 240 g/mol. The molecule has 0 saturated carbocycles. The standard InChI is InChI=1S/C8H12N6O3/c15-7(16)5-2-1-3-14(5)8(17)9-4-6-10-12-13-11-6/h5H,1-4H2,(H,9,17)(H,15,16)(H,10,11,12,13)/t5-/m0/s1. The maximum atomic E-state index is 11.7. The highest BCUT2D eigenvalue weighted by Crippen LogP contribution is 2.17. The van der Waals surface area contributed by atoms with Gasteiger partial charge in [0.15, 0.2) is 5.82 Å². The van der Waals surface area contributed by atoms with Gasteiger partial charge in [0.05, 0.1) is 6.54 Å². The van der Waals surface area contributed by atoms with Crippen LogP contribution in [0.2, 0.25) is 0 Å². The zero-order valence-corrected chi connectivity index (χ0v) is 8.96. The number of nitrogens with zero attached hydrogens (tertiary/aromatic N) is 4.